The molecule has 0 spiro atoms. The maximum absolute atomic E-state index is 10.7. The van der Waals surface area contributed by atoms with Gasteiger partial charge in [-0.25, -0.2) is 6.08 Å². The fourth-order valence-corrected chi connectivity index (χ4v) is 2.95. The van der Waals surface area contributed by atoms with Crippen LogP contribution in [0.25, 0.3) is 5.41 Å². The number of benzene rings is 1. The largest absolute Gasteiger partial charge is 1.00 e. The van der Waals surface area contributed by atoms with Crippen LogP contribution in [0, 0.1) is 18.2 Å². The topological polar surface area (TPSA) is 81.9 Å². The van der Waals surface area contributed by atoms with Gasteiger partial charge in [0.05, 0.1) is 23.9 Å². The Morgan fingerprint density at radius 1 is 1.38 bits per heavy atom. The molecule has 1 aromatic rings. The van der Waals surface area contributed by atoms with Crippen LogP contribution in [0.1, 0.15) is 39.7 Å². The molecule has 32 heavy (non-hydrogen) atoms. The molecule has 8 heteroatoms. The summed E-state index contributed by atoms with van der Waals surface area (Å²) in [6.07, 6.45) is 8.36. The zero-order valence-corrected chi connectivity index (χ0v) is 25.0. The van der Waals surface area contributed by atoms with E-state index in [2.05, 4.69) is 59.3 Å². The SMILES string of the molecule is C=C(C=[C-]NC)Nc1cc(COCC(C)C)cc(Br)c1OC.C[C-]=C(C=[N-])C(=O)CC.[K+]. The van der Waals surface area contributed by atoms with Crippen molar-refractivity contribution in [2.45, 2.75) is 40.7 Å². The molecule has 0 saturated heterocycles. The van der Waals surface area contributed by atoms with Crippen LogP contribution >= 0.6 is 15.9 Å². The molecular formula is C24H33BrKN3O3-2. The zero-order chi connectivity index (χ0) is 23.8. The summed E-state index contributed by atoms with van der Waals surface area (Å²) in [6, 6.07) is 4.00. The van der Waals surface area contributed by atoms with Gasteiger partial charge in [0.25, 0.3) is 0 Å². The molecule has 0 aliphatic carbocycles. The number of nitrogens with one attached hydrogen (secondary N) is 2. The molecule has 0 unspecified atom stereocenters. The summed E-state index contributed by atoms with van der Waals surface area (Å²) >= 11 is 3.53. The first-order chi connectivity index (χ1) is 14.7. The number of hydrogen-bond donors (Lipinski definition) is 2. The van der Waals surface area contributed by atoms with Gasteiger partial charge in [0, 0.05) is 12.4 Å². The average molecular weight is 531 g/mol. The van der Waals surface area contributed by atoms with Crippen LogP contribution in [0.15, 0.2) is 40.5 Å². The van der Waals surface area contributed by atoms with E-state index in [0.717, 1.165) is 34.3 Å². The van der Waals surface area contributed by atoms with Gasteiger partial charge in [-0.05, 0) is 53.0 Å². The third-order valence-corrected chi connectivity index (χ3v) is 4.32. The number of carbonyl (C=O) groups is 1. The minimum atomic E-state index is -0.0833. The Hall–Kier alpha value is -0.744. The van der Waals surface area contributed by atoms with Gasteiger partial charge in [-0.3, -0.25) is 0 Å². The molecule has 0 fully saturated rings. The second-order valence-corrected chi connectivity index (χ2v) is 7.68. The van der Waals surface area contributed by atoms with Gasteiger partial charge in [0.15, 0.2) is 5.75 Å². The molecule has 0 atom stereocenters. The summed E-state index contributed by atoms with van der Waals surface area (Å²) < 4.78 is 12.0. The van der Waals surface area contributed by atoms with Gasteiger partial charge in [-0.1, -0.05) is 27.7 Å². The molecule has 0 aliphatic heterocycles. The summed E-state index contributed by atoms with van der Waals surface area (Å²) in [5.41, 5.74) is 2.86. The first-order valence-corrected chi connectivity index (χ1v) is 10.7. The second kappa shape index (κ2) is 19.7. The van der Waals surface area contributed by atoms with Crippen molar-refractivity contribution in [3.63, 3.8) is 0 Å². The number of rotatable bonds is 12. The van der Waals surface area contributed by atoms with E-state index >= 15 is 0 Å². The number of nitrogens with zero attached hydrogens (tertiary/aromatic N) is 1. The van der Waals surface area contributed by atoms with E-state index in [1.54, 1.807) is 34.1 Å². The first kappa shape index (κ1) is 33.4. The fraction of sp³-hybridized carbons (Fsp3) is 0.417. The number of carbonyl (C=O) groups excluding carboxylic acids is 1. The third kappa shape index (κ3) is 13.7. The van der Waals surface area contributed by atoms with Crippen molar-refractivity contribution in [2.75, 3.05) is 26.1 Å². The number of allylic oxidation sites excluding steroid dienone is 3. The van der Waals surface area contributed by atoms with E-state index in [9.17, 15) is 4.79 Å². The Balaban J connectivity index is 0. The Bertz CT molecular complexity index is 793. The number of ketones is 1. The van der Waals surface area contributed by atoms with E-state index in [-0.39, 0.29) is 62.7 Å². The minimum absolute atomic E-state index is 0. The molecule has 0 aromatic heterocycles. The Labute approximate surface area is 244 Å². The Morgan fingerprint density at radius 3 is 2.47 bits per heavy atom. The summed E-state index contributed by atoms with van der Waals surface area (Å²) in [5, 5.41) is 14.4. The average Bonchev–Trinajstić information content (AvgIpc) is 2.73. The van der Waals surface area contributed by atoms with Gasteiger partial charge in [-0.2, -0.15) is 24.4 Å². The maximum Gasteiger partial charge on any atom is 1.00 e. The van der Waals surface area contributed by atoms with Crippen LogP contribution in [-0.2, 0) is 16.1 Å². The molecule has 0 bridgehead atoms. The van der Waals surface area contributed by atoms with Crippen molar-refractivity contribution in [1.29, 1.82) is 0 Å². The number of anilines is 1. The molecule has 0 heterocycles. The molecular weight excluding hydrogens is 497 g/mol. The number of halogens is 1. The van der Waals surface area contributed by atoms with Crippen molar-refractivity contribution in [3.8, 4) is 5.75 Å². The van der Waals surface area contributed by atoms with Crippen molar-refractivity contribution in [1.82, 2.24) is 5.32 Å². The van der Waals surface area contributed by atoms with Gasteiger partial charge < -0.3 is 36.5 Å². The van der Waals surface area contributed by atoms with Crippen molar-refractivity contribution in [2.24, 2.45) is 5.92 Å². The number of Topliss-reactive ketones (excluding diaryl/α,β-unsaturated/α-hetero) is 1. The molecule has 0 saturated carbocycles. The molecule has 2 N–H and O–H groups in total. The van der Waals surface area contributed by atoms with E-state index in [1.807, 2.05) is 12.1 Å². The predicted molar refractivity (Wildman–Crippen MR) is 132 cm³/mol. The van der Waals surface area contributed by atoms with Gasteiger partial charge in [-0.15, -0.1) is 5.70 Å². The first-order valence-electron chi connectivity index (χ1n) is 9.94. The van der Waals surface area contributed by atoms with Crippen LogP contribution in [-0.4, -0.2) is 32.8 Å². The van der Waals surface area contributed by atoms with Gasteiger partial charge in [0.1, 0.15) is 0 Å². The van der Waals surface area contributed by atoms with Crippen LogP contribution in [0.5, 0.6) is 5.75 Å². The number of ether oxygens (including phenoxy) is 2. The molecule has 172 valence electrons. The summed E-state index contributed by atoms with van der Waals surface area (Å²) in [6.45, 7) is 12.8. The van der Waals surface area contributed by atoms with Crippen molar-refractivity contribution in [3.05, 3.63) is 63.8 Å². The van der Waals surface area contributed by atoms with E-state index < -0.39 is 0 Å². The summed E-state index contributed by atoms with van der Waals surface area (Å²) in [7, 11) is 3.42. The van der Waals surface area contributed by atoms with Crippen molar-refractivity contribution < 1.29 is 65.7 Å². The number of hydrogen-bond acceptors (Lipinski definition) is 5. The minimum Gasteiger partial charge on any atom is -0.879 e. The summed E-state index contributed by atoms with van der Waals surface area (Å²) in [5.74, 6) is 1.16. The van der Waals surface area contributed by atoms with Gasteiger partial charge in [0.2, 0.25) is 0 Å². The fourth-order valence-electron chi connectivity index (χ4n) is 2.28. The molecule has 0 radical (unpaired) electrons. The van der Waals surface area contributed by atoms with E-state index in [4.69, 9.17) is 14.9 Å². The number of methoxy groups -OCH3 is 1. The van der Waals surface area contributed by atoms with E-state index in [1.165, 1.54) is 0 Å². The molecule has 0 aliphatic rings. The Kier molecular flexibility index (Phi) is 20.6. The second-order valence-electron chi connectivity index (χ2n) is 6.83. The monoisotopic (exact) mass is 529 g/mol. The smallest absolute Gasteiger partial charge is 0.879 e. The zero-order valence-electron chi connectivity index (χ0n) is 20.3. The van der Waals surface area contributed by atoms with Crippen LogP contribution < -0.4 is 66.8 Å². The molecule has 6 nitrogen and oxygen atoms in total. The summed E-state index contributed by atoms with van der Waals surface area (Å²) in [4.78, 5) is 10.7. The van der Waals surface area contributed by atoms with E-state index in [0.29, 0.717) is 24.6 Å². The molecule has 0 amide bonds. The molecule has 1 aromatic carbocycles. The van der Waals surface area contributed by atoms with Crippen molar-refractivity contribution >= 4 is 33.6 Å². The Morgan fingerprint density at radius 2 is 2.03 bits per heavy atom. The third-order valence-electron chi connectivity index (χ3n) is 3.73. The molecule has 1 rings (SSSR count). The normalized spacial score (nSPS) is 10.7. The van der Waals surface area contributed by atoms with Gasteiger partial charge >= 0.3 is 51.4 Å². The van der Waals surface area contributed by atoms with Crippen LogP contribution in [0.2, 0.25) is 0 Å². The van der Waals surface area contributed by atoms with Crippen LogP contribution in [0.3, 0.4) is 0 Å². The standard InChI is InChI=1S/C17H24BrN2O2.C7H9NO.K/c1-12(2)10-22-11-14-8-15(18)17(21-5)16(9-14)20-13(3)6-7-19-4;1-3-6(5-8)7(9)4-2;/h6,8-9,12,19-20H,3,10-11H2,1-2,4-5H3;5H,4H2,1-2H3;/q-1;-2;+1. The predicted octanol–water partition coefficient (Wildman–Crippen LogP) is 2.45. The quantitative estimate of drug-likeness (QED) is 0.108. The van der Waals surface area contributed by atoms with Crippen LogP contribution in [0.4, 0.5) is 5.69 Å². The maximum atomic E-state index is 10.7.